The number of nitrogens with one attached hydrogen (secondary N) is 1. The van der Waals surface area contributed by atoms with E-state index in [1.165, 1.54) is 35.4 Å². The van der Waals surface area contributed by atoms with Crippen LogP contribution >= 0.6 is 19.9 Å². The van der Waals surface area contributed by atoms with Crippen LogP contribution in [0.2, 0.25) is 0 Å². The van der Waals surface area contributed by atoms with E-state index in [9.17, 15) is 0 Å². The van der Waals surface area contributed by atoms with Gasteiger partial charge in [-0.1, -0.05) is 10.8 Å². The minimum atomic E-state index is -0.517. The van der Waals surface area contributed by atoms with E-state index >= 15 is 0 Å². The first-order valence-corrected chi connectivity index (χ1v) is 9.98. The molecule has 0 saturated carbocycles. The molecule has 0 bridgehead atoms. The third kappa shape index (κ3) is 3.36. The molecule has 0 radical (unpaired) electrons. The van der Waals surface area contributed by atoms with Gasteiger partial charge >= 0.3 is 0 Å². The number of aryl methyl sites for hydroxylation is 1. The van der Waals surface area contributed by atoms with E-state index in [-0.39, 0.29) is 0 Å². The summed E-state index contributed by atoms with van der Waals surface area (Å²) in [6, 6.07) is 6.91. The fourth-order valence-electron chi connectivity index (χ4n) is 1.95. The molecule has 0 unspecified atom stereocenters. The molecule has 0 aromatic heterocycles. The summed E-state index contributed by atoms with van der Waals surface area (Å²) in [7, 11) is 1.52. The van der Waals surface area contributed by atoms with Crippen LogP contribution in [0.15, 0.2) is 23.1 Å². The summed E-state index contributed by atoms with van der Waals surface area (Å²) in [6.45, 7) is 1.13. The summed E-state index contributed by atoms with van der Waals surface area (Å²) >= 11 is 0. The molecular weight excluding hydrogens is 234 g/mol. The number of fused-ring (bicyclic) bond motifs is 1. The molecule has 0 spiro atoms. The van der Waals surface area contributed by atoms with E-state index < -0.39 is 9.06 Å². The van der Waals surface area contributed by atoms with E-state index in [4.69, 9.17) is 0 Å². The molecule has 1 N–H and O–H groups in total. The van der Waals surface area contributed by atoms with E-state index in [0.29, 0.717) is 0 Å². The molecule has 0 aliphatic carbocycles. The Morgan fingerprint density at radius 3 is 2.75 bits per heavy atom. The highest BCUT2D eigenvalue weighted by atomic mass is 33.2. The van der Waals surface area contributed by atoms with Crippen LogP contribution in [0.25, 0.3) is 0 Å². The Balaban J connectivity index is 2.21. The van der Waals surface area contributed by atoms with Crippen molar-refractivity contribution in [1.29, 1.82) is 0 Å². The van der Waals surface area contributed by atoms with Gasteiger partial charge in [-0.3, -0.25) is 0 Å². The van der Waals surface area contributed by atoms with Gasteiger partial charge in [-0.25, -0.2) is 0 Å². The highest BCUT2D eigenvalue weighted by Crippen LogP contribution is 2.54. The maximum Gasteiger partial charge on any atom is 0.0373 e. The third-order valence-electron chi connectivity index (χ3n) is 2.61. The van der Waals surface area contributed by atoms with Crippen LogP contribution < -0.4 is 5.32 Å². The molecule has 0 atom stereocenters. The first-order chi connectivity index (χ1) is 7.54. The third-order valence-corrected chi connectivity index (χ3v) is 5.64. The number of hydrogen-bond donors (Lipinski definition) is 1. The van der Waals surface area contributed by atoms with Gasteiger partial charge in [0.1, 0.15) is 0 Å². The predicted molar refractivity (Wildman–Crippen MR) is 79.1 cm³/mol. The molecule has 16 heavy (non-hydrogen) atoms. The number of benzene rings is 1. The standard InChI is InChI=1S/C13H21NS2/c1-16(2,3)15-12-7-8-13-11(10-12)6-4-5-9-14-13/h7-8,10,14H,4-6,9H2,1-3H3. The van der Waals surface area contributed by atoms with Gasteiger partial charge in [-0.15, -0.1) is 0 Å². The zero-order chi connectivity index (χ0) is 11.6. The van der Waals surface area contributed by atoms with Gasteiger partial charge in [0.2, 0.25) is 0 Å². The fourth-order valence-corrected chi connectivity index (χ4v) is 4.89. The lowest BCUT2D eigenvalue weighted by Gasteiger charge is -2.24. The van der Waals surface area contributed by atoms with Crippen LogP contribution in [0.5, 0.6) is 0 Å². The summed E-state index contributed by atoms with van der Waals surface area (Å²) < 4.78 is 0. The van der Waals surface area contributed by atoms with Crippen LogP contribution in [0.4, 0.5) is 5.69 Å². The van der Waals surface area contributed by atoms with Crippen molar-refractivity contribution in [3.8, 4) is 0 Å². The first kappa shape index (κ1) is 12.2. The number of rotatable bonds is 2. The Kier molecular flexibility index (Phi) is 3.75. The van der Waals surface area contributed by atoms with E-state index in [1.54, 1.807) is 0 Å². The second-order valence-electron chi connectivity index (χ2n) is 5.01. The average molecular weight is 255 g/mol. The maximum atomic E-state index is 3.51. The first-order valence-electron chi connectivity index (χ1n) is 5.79. The van der Waals surface area contributed by atoms with Crippen molar-refractivity contribution in [2.45, 2.75) is 24.2 Å². The second-order valence-corrected chi connectivity index (χ2v) is 12.6. The molecule has 3 heteroatoms. The monoisotopic (exact) mass is 255 g/mol. The Hall–Kier alpha value is -0.280. The molecule has 1 aliphatic heterocycles. The minimum absolute atomic E-state index is 0.517. The van der Waals surface area contributed by atoms with Crippen molar-refractivity contribution in [3.05, 3.63) is 23.8 Å². The van der Waals surface area contributed by atoms with Gasteiger partial charge in [-0.2, -0.15) is 9.06 Å². The lowest BCUT2D eigenvalue weighted by atomic mass is 10.1. The van der Waals surface area contributed by atoms with Crippen molar-refractivity contribution >= 4 is 25.5 Å². The Bertz CT molecular complexity index is 369. The fraction of sp³-hybridized carbons (Fsp3) is 0.538. The highest BCUT2D eigenvalue weighted by molar-refractivity contribution is 8.93. The normalized spacial score (nSPS) is 17.2. The lowest BCUT2D eigenvalue weighted by Crippen LogP contribution is -1.99. The van der Waals surface area contributed by atoms with Crippen molar-refractivity contribution in [3.63, 3.8) is 0 Å². The summed E-state index contributed by atoms with van der Waals surface area (Å²) in [5.74, 6) is 0. The highest BCUT2D eigenvalue weighted by Gasteiger charge is 2.11. The van der Waals surface area contributed by atoms with Crippen molar-refractivity contribution < 1.29 is 0 Å². The van der Waals surface area contributed by atoms with Crippen LogP contribution in [0.1, 0.15) is 18.4 Å². The lowest BCUT2D eigenvalue weighted by molar-refractivity contribution is 0.785. The van der Waals surface area contributed by atoms with Gasteiger partial charge < -0.3 is 5.32 Å². The quantitative estimate of drug-likeness (QED) is 0.797. The molecule has 90 valence electrons. The topological polar surface area (TPSA) is 12.0 Å². The molecule has 1 aromatic rings. The number of anilines is 1. The van der Waals surface area contributed by atoms with Gasteiger partial charge in [0.15, 0.2) is 0 Å². The molecule has 1 aromatic carbocycles. The SMILES string of the molecule is CS(C)(C)Sc1ccc2c(c1)CCCCN2. The van der Waals surface area contributed by atoms with Gasteiger partial charge in [-0.05, 0) is 61.8 Å². The van der Waals surface area contributed by atoms with Crippen LogP contribution in [0.3, 0.4) is 0 Å². The van der Waals surface area contributed by atoms with E-state index in [2.05, 4.69) is 42.3 Å². The van der Waals surface area contributed by atoms with Crippen LogP contribution in [0, 0.1) is 0 Å². The van der Waals surface area contributed by atoms with E-state index in [0.717, 1.165) is 6.54 Å². The smallest absolute Gasteiger partial charge is 0.0373 e. The molecule has 0 fully saturated rings. The molecule has 0 saturated heterocycles. The molecule has 1 aliphatic rings. The van der Waals surface area contributed by atoms with Crippen LogP contribution in [-0.2, 0) is 6.42 Å². The predicted octanol–water partition coefficient (Wildman–Crippen LogP) is 4.14. The van der Waals surface area contributed by atoms with E-state index in [1.807, 2.05) is 10.8 Å². The van der Waals surface area contributed by atoms with Crippen molar-refractivity contribution in [2.75, 3.05) is 30.6 Å². The van der Waals surface area contributed by atoms with Crippen molar-refractivity contribution in [2.24, 2.45) is 0 Å². The summed E-state index contributed by atoms with van der Waals surface area (Å²) in [5, 5.41) is 3.51. The van der Waals surface area contributed by atoms with Crippen LogP contribution in [-0.4, -0.2) is 25.3 Å². The molecule has 1 heterocycles. The second kappa shape index (κ2) is 4.92. The summed E-state index contributed by atoms with van der Waals surface area (Å²) in [5.41, 5.74) is 2.86. The Morgan fingerprint density at radius 1 is 1.19 bits per heavy atom. The number of hydrogen-bond acceptors (Lipinski definition) is 2. The zero-order valence-electron chi connectivity index (χ0n) is 10.4. The zero-order valence-corrected chi connectivity index (χ0v) is 12.0. The average Bonchev–Trinajstić information content (AvgIpc) is 2.39. The van der Waals surface area contributed by atoms with Gasteiger partial charge in [0, 0.05) is 17.1 Å². The Morgan fingerprint density at radius 2 is 2.00 bits per heavy atom. The molecule has 2 rings (SSSR count). The van der Waals surface area contributed by atoms with Crippen molar-refractivity contribution in [1.82, 2.24) is 0 Å². The maximum absolute atomic E-state index is 3.51. The van der Waals surface area contributed by atoms with Gasteiger partial charge in [0.25, 0.3) is 0 Å². The molecule has 1 nitrogen and oxygen atoms in total. The molecular formula is C13H21NS2. The minimum Gasteiger partial charge on any atom is -0.385 e. The van der Waals surface area contributed by atoms with Gasteiger partial charge in [0.05, 0.1) is 0 Å². The Labute approximate surface area is 104 Å². The summed E-state index contributed by atoms with van der Waals surface area (Å²) in [6.07, 6.45) is 10.9. The largest absolute Gasteiger partial charge is 0.385 e. The summed E-state index contributed by atoms with van der Waals surface area (Å²) in [4.78, 5) is 1.44. The molecule has 0 amide bonds.